The lowest BCUT2D eigenvalue weighted by Gasteiger charge is -2.28. The molecule has 0 aliphatic heterocycles. The first-order valence-corrected chi connectivity index (χ1v) is 5.51. The predicted molar refractivity (Wildman–Crippen MR) is 53.4 cm³/mol. The van der Waals surface area contributed by atoms with E-state index in [1.54, 1.807) is 0 Å². The average Bonchev–Trinajstić information content (AvgIpc) is 2.25. The van der Waals surface area contributed by atoms with E-state index in [1.807, 2.05) is 0 Å². The van der Waals surface area contributed by atoms with Crippen molar-refractivity contribution in [3.8, 4) is 0 Å². The molecule has 3 atom stereocenters. The van der Waals surface area contributed by atoms with Crippen LogP contribution in [0.2, 0.25) is 0 Å². The lowest BCUT2D eigenvalue weighted by Crippen LogP contribution is -2.44. The van der Waals surface area contributed by atoms with Crippen LogP contribution in [0.15, 0.2) is 0 Å². The van der Waals surface area contributed by atoms with Gasteiger partial charge in [0, 0.05) is 12.6 Å². The Bertz CT molecular complexity index is 270. The second kappa shape index (κ2) is 5.68. The van der Waals surface area contributed by atoms with E-state index in [2.05, 4.69) is 5.32 Å². The summed E-state index contributed by atoms with van der Waals surface area (Å²) >= 11 is 0. The first-order valence-electron chi connectivity index (χ1n) is 5.51. The quantitative estimate of drug-likeness (QED) is 0.704. The largest absolute Gasteiger partial charge is 0.481 e. The number of halogens is 3. The minimum absolute atomic E-state index is 0.262. The number of aliphatic hydroxyl groups is 1. The van der Waals surface area contributed by atoms with E-state index in [0.717, 1.165) is 0 Å². The maximum Gasteiger partial charge on any atom is 0.415 e. The van der Waals surface area contributed by atoms with Gasteiger partial charge in [-0.25, -0.2) is 0 Å². The molecule has 17 heavy (non-hydrogen) atoms. The molecular weight excluding hydrogens is 239 g/mol. The normalized spacial score (nSPS) is 27.8. The maximum atomic E-state index is 12.0. The van der Waals surface area contributed by atoms with Crippen molar-refractivity contribution in [2.24, 2.45) is 5.92 Å². The summed E-state index contributed by atoms with van der Waals surface area (Å²) in [4.78, 5) is 10.7. The molecule has 0 aromatic heterocycles. The molecule has 1 aliphatic rings. The zero-order chi connectivity index (χ0) is 13.1. The fraction of sp³-hybridized carbons (Fsp3) is 0.900. The number of carboxylic acids is 1. The van der Waals surface area contributed by atoms with Gasteiger partial charge in [0.1, 0.15) is 0 Å². The molecule has 4 nitrogen and oxygen atoms in total. The molecule has 0 radical (unpaired) electrons. The number of rotatable bonds is 4. The van der Waals surface area contributed by atoms with Crippen LogP contribution in [-0.2, 0) is 4.79 Å². The van der Waals surface area contributed by atoms with E-state index >= 15 is 0 Å². The van der Waals surface area contributed by atoms with Crippen LogP contribution in [0.4, 0.5) is 13.2 Å². The Hall–Kier alpha value is -0.820. The van der Waals surface area contributed by atoms with Crippen LogP contribution >= 0.6 is 0 Å². The van der Waals surface area contributed by atoms with Crippen molar-refractivity contribution in [3.05, 3.63) is 0 Å². The molecule has 7 heteroatoms. The Labute approximate surface area is 96.8 Å². The molecule has 0 aromatic carbocycles. The van der Waals surface area contributed by atoms with E-state index in [1.165, 1.54) is 0 Å². The van der Waals surface area contributed by atoms with Crippen LogP contribution in [0.5, 0.6) is 0 Å². The number of aliphatic carboxylic acids is 1. The molecule has 0 saturated heterocycles. The maximum absolute atomic E-state index is 12.0. The lowest BCUT2D eigenvalue weighted by molar-refractivity contribution is -0.202. The minimum Gasteiger partial charge on any atom is -0.481 e. The fourth-order valence-electron chi connectivity index (χ4n) is 1.99. The third-order valence-corrected chi connectivity index (χ3v) is 3.00. The number of hydrogen-bond acceptors (Lipinski definition) is 3. The van der Waals surface area contributed by atoms with Crippen molar-refractivity contribution in [2.45, 2.75) is 44.0 Å². The van der Waals surface area contributed by atoms with Gasteiger partial charge in [0.2, 0.25) is 0 Å². The zero-order valence-electron chi connectivity index (χ0n) is 9.20. The van der Waals surface area contributed by atoms with Gasteiger partial charge >= 0.3 is 12.1 Å². The molecule has 1 aliphatic carbocycles. The molecule has 1 fully saturated rings. The third-order valence-electron chi connectivity index (χ3n) is 3.00. The zero-order valence-corrected chi connectivity index (χ0v) is 9.20. The highest BCUT2D eigenvalue weighted by Gasteiger charge is 2.38. The highest BCUT2D eigenvalue weighted by atomic mass is 19.4. The van der Waals surface area contributed by atoms with Crippen LogP contribution in [-0.4, -0.2) is 41.0 Å². The molecule has 0 aromatic rings. The summed E-state index contributed by atoms with van der Waals surface area (Å²) in [6.07, 6.45) is -4.82. The Morgan fingerprint density at radius 3 is 2.59 bits per heavy atom. The summed E-state index contributed by atoms with van der Waals surface area (Å²) in [7, 11) is 0. The van der Waals surface area contributed by atoms with Gasteiger partial charge < -0.3 is 15.5 Å². The highest BCUT2D eigenvalue weighted by Crippen LogP contribution is 2.25. The third kappa shape index (κ3) is 4.51. The summed E-state index contributed by atoms with van der Waals surface area (Å²) in [5.41, 5.74) is 0. The average molecular weight is 255 g/mol. The van der Waals surface area contributed by atoms with E-state index in [4.69, 9.17) is 10.2 Å². The summed E-state index contributed by atoms with van der Waals surface area (Å²) in [6, 6.07) is -0.262. The van der Waals surface area contributed by atoms with Crippen molar-refractivity contribution in [3.63, 3.8) is 0 Å². The minimum atomic E-state index is -4.63. The number of aliphatic hydroxyl groups excluding tert-OH is 1. The fourth-order valence-corrected chi connectivity index (χ4v) is 1.99. The van der Waals surface area contributed by atoms with Crippen LogP contribution in [0.1, 0.15) is 25.7 Å². The van der Waals surface area contributed by atoms with Crippen LogP contribution in [0.25, 0.3) is 0 Å². The van der Waals surface area contributed by atoms with E-state index in [9.17, 15) is 18.0 Å². The van der Waals surface area contributed by atoms with Gasteiger partial charge in [-0.3, -0.25) is 4.79 Å². The van der Waals surface area contributed by atoms with E-state index in [-0.39, 0.29) is 6.04 Å². The van der Waals surface area contributed by atoms with Crippen molar-refractivity contribution in [2.75, 3.05) is 6.54 Å². The van der Waals surface area contributed by atoms with Crippen molar-refractivity contribution in [1.82, 2.24) is 5.32 Å². The van der Waals surface area contributed by atoms with Gasteiger partial charge in [-0.1, -0.05) is 6.42 Å². The molecule has 1 rings (SSSR count). The molecule has 3 unspecified atom stereocenters. The highest BCUT2D eigenvalue weighted by molar-refractivity contribution is 5.70. The second-order valence-corrected chi connectivity index (χ2v) is 4.36. The van der Waals surface area contributed by atoms with E-state index in [0.29, 0.717) is 25.7 Å². The van der Waals surface area contributed by atoms with Crippen LogP contribution in [0.3, 0.4) is 0 Å². The van der Waals surface area contributed by atoms with Gasteiger partial charge in [0.05, 0.1) is 5.92 Å². The number of carbonyl (C=O) groups is 1. The molecule has 0 spiro atoms. The van der Waals surface area contributed by atoms with Gasteiger partial charge in [-0.2, -0.15) is 13.2 Å². The first-order chi connectivity index (χ1) is 7.80. The molecule has 1 saturated carbocycles. The van der Waals surface area contributed by atoms with Crippen molar-refractivity contribution >= 4 is 5.97 Å². The number of hydrogen-bond donors (Lipinski definition) is 3. The summed E-state index contributed by atoms with van der Waals surface area (Å²) in [5, 5.41) is 20.2. The Balaban J connectivity index is 2.35. The van der Waals surface area contributed by atoms with Gasteiger partial charge in [-0.15, -0.1) is 0 Å². The predicted octanol–water partition coefficient (Wildman–Crippen LogP) is 1.14. The molecule has 100 valence electrons. The number of nitrogens with one attached hydrogen (secondary N) is 1. The monoisotopic (exact) mass is 255 g/mol. The molecule has 3 N–H and O–H groups in total. The SMILES string of the molecule is O=C(O)C1CCCC(NCC(O)C(F)(F)F)C1. The molecule has 0 bridgehead atoms. The first kappa shape index (κ1) is 14.2. The number of alkyl halides is 3. The Kier molecular flexibility index (Phi) is 4.76. The van der Waals surface area contributed by atoms with Crippen molar-refractivity contribution < 1.29 is 28.2 Å². The Morgan fingerprint density at radius 1 is 1.41 bits per heavy atom. The smallest absolute Gasteiger partial charge is 0.415 e. The van der Waals surface area contributed by atoms with Crippen molar-refractivity contribution in [1.29, 1.82) is 0 Å². The van der Waals surface area contributed by atoms with Gasteiger partial charge in [0.15, 0.2) is 6.10 Å². The van der Waals surface area contributed by atoms with Crippen LogP contribution < -0.4 is 5.32 Å². The second-order valence-electron chi connectivity index (χ2n) is 4.36. The lowest BCUT2D eigenvalue weighted by atomic mass is 9.86. The van der Waals surface area contributed by atoms with E-state index < -0.39 is 30.7 Å². The topological polar surface area (TPSA) is 69.6 Å². The van der Waals surface area contributed by atoms with Gasteiger partial charge in [0.25, 0.3) is 0 Å². The standard InChI is InChI=1S/C10H16F3NO3/c11-10(12,13)8(15)5-14-7-3-1-2-6(4-7)9(16)17/h6-8,14-15H,1-5H2,(H,16,17). The Morgan fingerprint density at radius 2 is 2.06 bits per heavy atom. The summed E-state index contributed by atoms with van der Waals surface area (Å²) < 4.78 is 36.1. The summed E-state index contributed by atoms with van der Waals surface area (Å²) in [5.74, 6) is -1.41. The summed E-state index contributed by atoms with van der Waals surface area (Å²) in [6.45, 7) is -0.583. The van der Waals surface area contributed by atoms with Gasteiger partial charge in [-0.05, 0) is 19.3 Å². The molecule has 0 amide bonds. The molecule has 0 heterocycles. The molecular formula is C10H16F3NO3. The number of carboxylic acid groups (broad SMARTS) is 1. The van der Waals surface area contributed by atoms with Crippen LogP contribution in [0, 0.1) is 5.92 Å².